The highest BCUT2D eigenvalue weighted by molar-refractivity contribution is 6.01. The smallest absolute Gasteiger partial charge is 0.231 e. The van der Waals surface area contributed by atoms with Crippen LogP contribution in [0.5, 0.6) is 0 Å². The standard InChI is InChI=1S/C18H20N2O2/c1-3-15(14-9-5-4-6-10-14)18(22)20-17-12-8-7-11-16(17)19-13(2)21/h4-12,15H,3H2,1-2H3,(H,19,21)(H,20,22)/t15-/m1/s1. The van der Waals surface area contributed by atoms with E-state index >= 15 is 0 Å². The Morgan fingerprint density at radius 3 is 2.00 bits per heavy atom. The quantitative estimate of drug-likeness (QED) is 0.882. The van der Waals surface area contributed by atoms with Gasteiger partial charge < -0.3 is 10.6 Å². The van der Waals surface area contributed by atoms with E-state index in [4.69, 9.17) is 0 Å². The minimum absolute atomic E-state index is 0.0773. The van der Waals surface area contributed by atoms with Crippen molar-refractivity contribution in [2.24, 2.45) is 0 Å². The molecule has 0 saturated carbocycles. The van der Waals surface area contributed by atoms with Gasteiger partial charge in [0.05, 0.1) is 17.3 Å². The molecular formula is C18H20N2O2. The Morgan fingerprint density at radius 2 is 1.45 bits per heavy atom. The molecule has 4 heteroatoms. The third kappa shape index (κ3) is 3.95. The summed E-state index contributed by atoms with van der Waals surface area (Å²) in [6.07, 6.45) is 0.706. The van der Waals surface area contributed by atoms with E-state index in [1.807, 2.05) is 49.4 Å². The number of anilines is 2. The molecule has 0 bridgehead atoms. The molecule has 0 aromatic heterocycles. The fourth-order valence-electron chi connectivity index (χ4n) is 2.37. The van der Waals surface area contributed by atoms with Crippen molar-refractivity contribution in [3.8, 4) is 0 Å². The van der Waals surface area contributed by atoms with Gasteiger partial charge in [-0.2, -0.15) is 0 Å². The second kappa shape index (κ2) is 7.41. The Morgan fingerprint density at radius 1 is 0.909 bits per heavy atom. The van der Waals surface area contributed by atoms with Crippen LogP contribution in [0.25, 0.3) is 0 Å². The summed E-state index contributed by atoms with van der Waals surface area (Å²) in [6, 6.07) is 16.9. The molecule has 2 amide bonds. The molecule has 4 nitrogen and oxygen atoms in total. The molecule has 2 aromatic rings. The van der Waals surface area contributed by atoms with Crippen molar-refractivity contribution < 1.29 is 9.59 Å². The second-order valence-corrected chi connectivity index (χ2v) is 5.09. The highest BCUT2D eigenvalue weighted by Crippen LogP contribution is 2.25. The van der Waals surface area contributed by atoms with Crippen LogP contribution in [-0.2, 0) is 9.59 Å². The van der Waals surface area contributed by atoms with E-state index in [0.717, 1.165) is 5.56 Å². The van der Waals surface area contributed by atoms with Crippen LogP contribution < -0.4 is 10.6 Å². The highest BCUT2D eigenvalue weighted by atomic mass is 16.2. The van der Waals surface area contributed by atoms with E-state index in [2.05, 4.69) is 10.6 Å². The first-order chi connectivity index (χ1) is 10.6. The van der Waals surface area contributed by atoms with E-state index in [9.17, 15) is 9.59 Å². The summed E-state index contributed by atoms with van der Waals surface area (Å²) in [5.41, 5.74) is 2.20. The molecule has 22 heavy (non-hydrogen) atoms. The maximum atomic E-state index is 12.6. The van der Waals surface area contributed by atoms with Crippen molar-refractivity contribution in [1.29, 1.82) is 0 Å². The summed E-state index contributed by atoms with van der Waals surface area (Å²) in [6.45, 7) is 3.42. The summed E-state index contributed by atoms with van der Waals surface area (Å²) in [5, 5.41) is 5.63. The molecule has 1 atom stereocenters. The zero-order valence-corrected chi connectivity index (χ0v) is 12.8. The van der Waals surface area contributed by atoms with E-state index in [-0.39, 0.29) is 17.7 Å². The van der Waals surface area contributed by atoms with Crippen molar-refractivity contribution >= 4 is 23.2 Å². The molecule has 2 aromatic carbocycles. The topological polar surface area (TPSA) is 58.2 Å². The molecule has 0 radical (unpaired) electrons. The highest BCUT2D eigenvalue weighted by Gasteiger charge is 2.19. The van der Waals surface area contributed by atoms with E-state index in [1.165, 1.54) is 6.92 Å². The molecule has 2 rings (SSSR count). The van der Waals surface area contributed by atoms with Crippen LogP contribution in [0.2, 0.25) is 0 Å². The van der Waals surface area contributed by atoms with Crippen molar-refractivity contribution in [1.82, 2.24) is 0 Å². The molecule has 0 aliphatic carbocycles. The summed E-state index contributed by atoms with van der Waals surface area (Å²) in [5.74, 6) is -0.463. The monoisotopic (exact) mass is 296 g/mol. The Balaban J connectivity index is 2.19. The average Bonchev–Trinajstić information content (AvgIpc) is 2.50. The van der Waals surface area contributed by atoms with Crippen molar-refractivity contribution in [3.05, 3.63) is 60.2 Å². The van der Waals surface area contributed by atoms with Crippen molar-refractivity contribution in [3.63, 3.8) is 0 Å². The summed E-state index contributed by atoms with van der Waals surface area (Å²) in [4.78, 5) is 23.8. The maximum absolute atomic E-state index is 12.6. The lowest BCUT2D eigenvalue weighted by Gasteiger charge is -2.17. The third-order valence-electron chi connectivity index (χ3n) is 3.42. The molecule has 0 saturated heterocycles. The number of para-hydroxylation sites is 2. The van der Waals surface area contributed by atoms with Gasteiger partial charge in [0.2, 0.25) is 11.8 Å². The van der Waals surface area contributed by atoms with Gasteiger partial charge in [-0.3, -0.25) is 9.59 Å². The fraction of sp³-hybridized carbons (Fsp3) is 0.222. The Hall–Kier alpha value is -2.62. The van der Waals surface area contributed by atoms with Gasteiger partial charge in [0.15, 0.2) is 0 Å². The number of rotatable bonds is 5. The van der Waals surface area contributed by atoms with Gasteiger partial charge in [-0.25, -0.2) is 0 Å². The van der Waals surface area contributed by atoms with Gasteiger partial charge in [0.1, 0.15) is 0 Å². The molecule has 0 fully saturated rings. The van der Waals surface area contributed by atoms with Crippen LogP contribution in [0.15, 0.2) is 54.6 Å². The molecule has 114 valence electrons. The van der Waals surface area contributed by atoms with Gasteiger partial charge in [-0.15, -0.1) is 0 Å². The van der Waals surface area contributed by atoms with Crippen molar-refractivity contribution in [2.75, 3.05) is 10.6 Å². The van der Waals surface area contributed by atoms with Crippen LogP contribution in [0.3, 0.4) is 0 Å². The largest absolute Gasteiger partial charge is 0.325 e. The molecule has 0 unspecified atom stereocenters. The molecule has 0 spiro atoms. The number of hydrogen-bond donors (Lipinski definition) is 2. The number of amides is 2. The van der Waals surface area contributed by atoms with Crippen LogP contribution >= 0.6 is 0 Å². The lowest BCUT2D eigenvalue weighted by molar-refractivity contribution is -0.117. The number of nitrogens with one attached hydrogen (secondary N) is 2. The van der Waals surface area contributed by atoms with Gasteiger partial charge in [0.25, 0.3) is 0 Å². The summed E-state index contributed by atoms with van der Waals surface area (Å²) < 4.78 is 0. The number of carbonyl (C=O) groups excluding carboxylic acids is 2. The van der Waals surface area contributed by atoms with Crippen LogP contribution in [-0.4, -0.2) is 11.8 Å². The van der Waals surface area contributed by atoms with Gasteiger partial charge in [-0.1, -0.05) is 49.4 Å². The van der Waals surface area contributed by atoms with Crippen LogP contribution in [0.4, 0.5) is 11.4 Å². The Labute approximate surface area is 130 Å². The third-order valence-corrected chi connectivity index (χ3v) is 3.42. The number of carbonyl (C=O) groups is 2. The normalized spacial score (nSPS) is 11.5. The van der Waals surface area contributed by atoms with Gasteiger partial charge >= 0.3 is 0 Å². The average molecular weight is 296 g/mol. The van der Waals surface area contributed by atoms with Gasteiger partial charge in [0, 0.05) is 6.92 Å². The maximum Gasteiger partial charge on any atom is 0.231 e. The predicted molar refractivity (Wildman–Crippen MR) is 88.8 cm³/mol. The first-order valence-electron chi connectivity index (χ1n) is 7.34. The SMILES string of the molecule is CC[C@@H](C(=O)Nc1ccccc1NC(C)=O)c1ccccc1. The Kier molecular flexibility index (Phi) is 5.31. The lowest BCUT2D eigenvalue weighted by atomic mass is 9.95. The molecule has 2 N–H and O–H groups in total. The molecular weight excluding hydrogens is 276 g/mol. The predicted octanol–water partition coefficient (Wildman–Crippen LogP) is 3.78. The first kappa shape index (κ1) is 15.8. The fourth-order valence-corrected chi connectivity index (χ4v) is 2.37. The van der Waals surface area contributed by atoms with Crippen LogP contribution in [0.1, 0.15) is 31.7 Å². The van der Waals surface area contributed by atoms with Gasteiger partial charge in [-0.05, 0) is 24.1 Å². The lowest BCUT2D eigenvalue weighted by Crippen LogP contribution is -2.21. The van der Waals surface area contributed by atoms with E-state index < -0.39 is 0 Å². The number of hydrogen-bond acceptors (Lipinski definition) is 2. The minimum atomic E-state index is -0.216. The second-order valence-electron chi connectivity index (χ2n) is 5.09. The van der Waals surface area contributed by atoms with E-state index in [1.54, 1.807) is 12.1 Å². The summed E-state index contributed by atoms with van der Waals surface area (Å²) >= 11 is 0. The van der Waals surface area contributed by atoms with Crippen LogP contribution in [0, 0.1) is 0 Å². The zero-order valence-electron chi connectivity index (χ0n) is 12.8. The van der Waals surface area contributed by atoms with Crippen molar-refractivity contribution in [2.45, 2.75) is 26.2 Å². The first-order valence-corrected chi connectivity index (χ1v) is 7.34. The minimum Gasteiger partial charge on any atom is -0.325 e. The molecule has 0 heterocycles. The summed E-state index contributed by atoms with van der Waals surface area (Å²) in [7, 11) is 0. The molecule has 0 aliphatic heterocycles. The van der Waals surface area contributed by atoms with E-state index in [0.29, 0.717) is 17.8 Å². The zero-order chi connectivity index (χ0) is 15.9. The number of benzene rings is 2. The molecule has 0 aliphatic rings. The Bertz CT molecular complexity index is 653.